The number of H-pyrrole nitrogens is 1. The number of carbonyl (C=O) groups is 1. The molecule has 2 N–H and O–H groups in total. The molecule has 6 nitrogen and oxygen atoms in total. The van der Waals surface area contributed by atoms with Crippen LogP contribution in [-0.2, 0) is 16.0 Å². The highest BCUT2D eigenvalue weighted by atomic mass is 16.5. The van der Waals surface area contributed by atoms with E-state index in [4.69, 9.17) is 4.74 Å². The molecule has 2 heterocycles. The van der Waals surface area contributed by atoms with E-state index in [1.807, 2.05) is 13.8 Å². The smallest absolute Gasteiger partial charge is 0.225 e. The van der Waals surface area contributed by atoms with Crippen LogP contribution in [0.1, 0.15) is 30.8 Å². The fourth-order valence-electron chi connectivity index (χ4n) is 2.77. The average molecular weight is 294 g/mol. The zero-order chi connectivity index (χ0) is 15.5. The average Bonchev–Trinajstić information content (AvgIpc) is 2.70. The molecule has 0 aliphatic carbocycles. The van der Waals surface area contributed by atoms with Crippen LogP contribution in [0, 0.1) is 13.8 Å². The SMILES string of the molecule is Cc1n[nH]c(C)c1CC(=O)NC(C)(C)CN1CCOCC1. The van der Waals surface area contributed by atoms with Gasteiger partial charge < -0.3 is 10.1 Å². The van der Waals surface area contributed by atoms with Crippen LogP contribution in [0.25, 0.3) is 0 Å². The lowest BCUT2D eigenvalue weighted by molar-refractivity contribution is -0.122. The van der Waals surface area contributed by atoms with E-state index in [1.165, 1.54) is 0 Å². The number of nitrogens with one attached hydrogen (secondary N) is 2. The van der Waals surface area contributed by atoms with E-state index in [0.29, 0.717) is 6.42 Å². The Kier molecular flexibility index (Phi) is 5.00. The summed E-state index contributed by atoms with van der Waals surface area (Å²) in [5, 5.41) is 10.2. The third-order valence-electron chi connectivity index (χ3n) is 3.82. The van der Waals surface area contributed by atoms with Crippen molar-refractivity contribution in [2.24, 2.45) is 0 Å². The number of aromatic nitrogens is 2. The van der Waals surface area contributed by atoms with Crippen LogP contribution in [0.5, 0.6) is 0 Å². The molecule has 0 aromatic carbocycles. The van der Waals surface area contributed by atoms with Crippen LogP contribution in [0.15, 0.2) is 0 Å². The molecule has 0 radical (unpaired) electrons. The van der Waals surface area contributed by atoms with Crippen molar-refractivity contribution in [3.63, 3.8) is 0 Å². The lowest BCUT2D eigenvalue weighted by atomic mass is 10.0. The largest absolute Gasteiger partial charge is 0.379 e. The number of ether oxygens (including phenoxy) is 1. The van der Waals surface area contributed by atoms with Crippen LogP contribution in [-0.4, -0.2) is 59.4 Å². The fourth-order valence-corrected chi connectivity index (χ4v) is 2.77. The minimum absolute atomic E-state index is 0.0425. The molecule has 1 aromatic rings. The first-order valence-corrected chi connectivity index (χ1v) is 7.49. The van der Waals surface area contributed by atoms with Gasteiger partial charge in [-0.15, -0.1) is 0 Å². The maximum Gasteiger partial charge on any atom is 0.225 e. The molecule has 1 saturated heterocycles. The molecule has 21 heavy (non-hydrogen) atoms. The second kappa shape index (κ2) is 6.58. The maximum atomic E-state index is 12.3. The van der Waals surface area contributed by atoms with Crippen molar-refractivity contribution in [1.29, 1.82) is 0 Å². The van der Waals surface area contributed by atoms with Crippen molar-refractivity contribution in [3.8, 4) is 0 Å². The number of hydrogen-bond acceptors (Lipinski definition) is 4. The topological polar surface area (TPSA) is 70.2 Å². The predicted octanol–water partition coefficient (Wildman–Crippen LogP) is 0.796. The molecule has 2 rings (SSSR count). The van der Waals surface area contributed by atoms with Crippen molar-refractivity contribution < 1.29 is 9.53 Å². The Morgan fingerprint density at radius 2 is 2.05 bits per heavy atom. The molecule has 0 saturated carbocycles. The zero-order valence-corrected chi connectivity index (χ0v) is 13.5. The molecule has 1 aliphatic heterocycles. The van der Waals surface area contributed by atoms with Crippen LogP contribution in [0.3, 0.4) is 0 Å². The Morgan fingerprint density at radius 3 is 2.62 bits per heavy atom. The molecule has 0 atom stereocenters. The Hall–Kier alpha value is -1.40. The molecular formula is C15H26N4O2. The summed E-state index contributed by atoms with van der Waals surface area (Å²) < 4.78 is 5.35. The molecule has 1 aromatic heterocycles. The Labute approximate surface area is 126 Å². The van der Waals surface area contributed by atoms with Gasteiger partial charge in [-0.2, -0.15) is 5.10 Å². The van der Waals surface area contributed by atoms with Crippen LogP contribution in [0.4, 0.5) is 0 Å². The predicted molar refractivity (Wildman–Crippen MR) is 81.2 cm³/mol. The minimum atomic E-state index is -0.250. The van der Waals surface area contributed by atoms with Crippen molar-refractivity contribution in [2.45, 2.75) is 39.7 Å². The number of nitrogens with zero attached hydrogens (tertiary/aromatic N) is 2. The van der Waals surface area contributed by atoms with Gasteiger partial charge in [0.25, 0.3) is 0 Å². The Morgan fingerprint density at radius 1 is 1.38 bits per heavy atom. The third-order valence-corrected chi connectivity index (χ3v) is 3.82. The van der Waals surface area contributed by atoms with Crippen LogP contribution < -0.4 is 5.32 Å². The number of hydrogen-bond donors (Lipinski definition) is 2. The van der Waals surface area contributed by atoms with Gasteiger partial charge in [0.05, 0.1) is 25.3 Å². The highest BCUT2D eigenvalue weighted by molar-refractivity contribution is 5.79. The van der Waals surface area contributed by atoms with Crippen molar-refractivity contribution in [1.82, 2.24) is 20.4 Å². The first kappa shape index (κ1) is 16.0. The summed E-state index contributed by atoms with van der Waals surface area (Å²) in [5.74, 6) is 0.0425. The van der Waals surface area contributed by atoms with E-state index in [0.717, 1.165) is 49.8 Å². The van der Waals surface area contributed by atoms with E-state index in [9.17, 15) is 4.79 Å². The fraction of sp³-hybridized carbons (Fsp3) is 0.733. The highest BCUT2D eigenvalue weighted by Crippen LogP contribution is 2.12. The summed E-state index contributed by atoms with van der Waals surface area (Å²) in [6.45, 7) is 12.2. The van der Waals surface area contributed by atoms with Gasteiger partial charge in [-0.05, 0) is 27.7 Å². The summed E-state index contributed by atoms with van der Waals surface area (Å²) >= 11 is 0. The molecule has 0 bridgehead atoms. The quantitative estimate of drug-likeness (QED) is 0.842. The second-order valence-corrected chi connectivity index (χ2v) is 6.41. The van der Waals surface area contributed by atoms with Gasteiger partial charge >= 0.3 is 0 Å². The van der Waals surface area contributed by atoms with Crippen molar-refractivity contribution in [3.05, 3.63) is 17.0 Å². The number of aryl methyl sites for hydroxylation is 2. The standard InChI is InChI=1S/C15H26N4O2/c1-11-13(12(2)18-17-11)9-14(20)16-15(3,4)10-19-5-7-21-8-6-19/h5-10H2,1-4H3,(H,16,20)(H,17,18). The van der Waals surface area contributed by atoms with Crippen LogP contribution in [0.2, 0.25) is 0 Å². The van der Waals surface area contributed by atoms with Gasteiger partial charge in [0.15, 0.2) is 0 Å². The van der Waals surface area contributed by atoms with E-state index in [-0.39, 0.29) is 11.4 Å². The van der Waals surface area contributed by atoms with Gasteiger partial charge in [-0.1, -0.05) is 0 Å². The first-order chi connectivity index (χ1) is 9.87. The molecule has 118 valence electrons. The summed E-state index contributed by atoms with van der Waals surface area (Å²) in [6, 6.07) is 0. The van der Waals surface area contributed by atoms with Crippen molar-refractivity contribution >= 4 is 5.91 Å². The summed E-state index contributed by atoms with van der Waals surface area (Å²) in [7, 11) is 0. The number of rotatable bonds is 5. The Balaban J connectivity index is 1.88. The van der Waals surface area contributed by atoms with E-state index >= 15 is 0 Å². The molecule has 6 heteroatoms. The highest BCUT2D eigenvalue weighted by Gasteiger charge is 2.25. The molecule has 0 unspecified atom stereocenters. The van der Waals surface area contributed by atoms with Gasteiger partial charge in [0, 0.05) is 36.4 Å². The van der Waals surface area contributed by atoms with Gasteiger partial charge in [-0.3, -0.25) is 14.8 Å². The van der Waals surface area contributed by atoms with E-state index in [1.54, 1.807) is 0 Å². The Bertz CT molecular complexity index is 470. The lowest BCUT2D eigenvalue weighted by Crippen LogP contribution is -2.53. The lowest BCUT2D eigenvalue weighted by Gasteiger charge is -2.35. The van der Waals surface area contributed by atoms with E-state index < -0.39 is 0 Å². The van der Waals surface area contributed by atoms with Gasteiger partial charge in [0.2, 0.25) is 5.91 Å². The molecule has 1 amide bonds. The molecule has 1 aliphatic rings. The number of amides is 1. The molecule has 1 fully saturated rings. The van der Waals surface area contributed by atoms with E-state index in [2.05, 4.69) is 34.3 Å². The van der Waals surface area contributed by atoms with Gasteiger partial charge in [-0.25, -0.2) is 0 Å². The second-order valence-electron chi connectivity index (χ2n) is 6.41. The normalized spacial score (nSPS) is 17.0. The van der Waals surface area contributed by atoms with Crippen LogP contribution >= 0.6 is 0 Å². The van der Waals surface area contributed by atoms with Crippen molar-refractivity contribution in [2.75, 3.05) is 32.8 Å². The minimum Gasteiger partial charge on any atom is -0.379 e. The maximum absolute atomic E-state index is 12.3. The molecular weight excluding hydrogens is 268 g/mol. The van der Waals surface area contributed by atoms with Gasteiger partial charge in [0.1, 0.15) is 0 Å². The summed E-state index contributed by atoms with van der Waals surface area (Å²) in [4.78, 5) is 14.6. The monoisotopic (exact) mass is 294 g/mol. The molecule has 0 spiro atoms. The zero-order valence-electron chi connectivity index (χ0n) is 13.5. The number of aromatic amines is 1. The number of morpholine rings is 1. The summed E-state index contributed by atoms with van der Waals surface area (Å²) in [5.41, 5.74) is 2.61. The third kappa shape index (κ3) is 4.54. The first-order valence-electron chi connectivity index (χ1n) is 7.49. The summed E-state index contributed by atoms with van der Waals surface area (Å²) in [6.07, 6.45) is 0.376. The number of carbonyl (C=O) groups excluding carboxylic acids is 1.